The van der Waals surface area contributed by atoms with Gasteiger partial charge in [0.15, 0.2) is 5.82 Å². The number of hydrogen-bond acceptors (Lipinski definition) is 5. The SMILES string of the molecule is c1cc(-c2nncn2C2CC2)nc(N2Cc3ccccc3N2)c1. The van der Waals surface area contributed by atoms with Crippen LogP contribution in [0.1, 0.15) is 24.4 Å². The van der Waals surface area contributed by atoms with Crippen molar-refractivity contribution < 1.29 is 0 Å². The van der Waals surface area contributed by atoms with Gasteiger partial charge < -0.3 is 4.57 Å². The van der Waals surface area contributed by atoms with E-state index in [0.717, 1.165) is 29.6 Å². The average molecular weight is 304 g/mol. The lowest BCUT2D eigenvalue weighted by atomic mass is 10.2. The highest BCUT2D eigenvalue weighted by Crippen LogP contribution is 2.37. The minimum absolute atomic E-state index is 0.541. The second kappa shape index (κ2) is 4.81. The van der Waals surface area contributed by atoms with E-state index in [0.29, 0.717) is 6.04 Å². The first kappa shape index (κ1) is 12.6. The number of nitrogens with zero attached hydrogens (tertiary/aromatic N) is 5. The molecule has 0 atom stereocenters. The van der Waals surface area contributed by atoms with Gasteiger partial charge in [-0.3, -0.25) is 10.4 Å². The Morgan fingerprint density at radius 3 is 2.83 bits per heavy atom. The summed E-state index contributed by atoms with van der Waals surface area (Å²) < 4.78 is 2.14. The van der Waals surface area contributed by atoms with Gasteiger partial charge in [-0.25, -0.2) is 4.98 Å². The van der Waals surface area contributed by atoms with Crippen LogP contribution in [-0.2, 0) is 6.54 Å². The van der Waals surface area contributed by atoms with Gasteiger partial charge in [-0.05, 0) is 36.6 Å². The van der Waals surface area contributed by atoms with Crippen molar-refractivity contribution in [1.82, 2.24) is 19.7 Å². The number of rotatable bonds is 3. The zero-order valence-electron chi connectivity index (χ0n) is 12.6. The van der Waals surface area contributed by atoms with Crippen LogP contribution in [-0.4, -0.2) is 19.7 Å². The third kappa shape index (κ3) is 2.14. The number of para-hydroxylation sites is 1. The predicted octanol–water partition coefficient (Wildman–Crippen LogP) is 3.02. The van der Waals surface area contributed by atoms with Crippen molar-refractivity contribution >= 4 is 11.5 Å². The van der Waals surface area contributed by atoms with E-state index in [4.69, 9.17) is 4.98 Å². The molecule has 1 fully saturated rings. The van der Waals surface area contributed by atoms with Crippen LogP contribution >= 0.6 is 0 Å². The van der Waals surface area contributed by atoms with Gasteiger partial charge in [0.05, 0.1) is 12.2 Å². The zero-order chi connectivity index (χ0) is 15.2. The normalized spacial score (nSPS) is 16.3. The summed E-state index contributed by atoms with van der Waals surface area (Å²) in [5.41, 5.74) is 6.68. The highest BCUT2D eigenvalue weighted by Gasteiger charge is 2.27. The summed E-state index contributed by atoms with van der Waals surface area (Å²) in [6.07, 6.45) is 4.22. The lowest BCUT2D eigenvalue weighted by Crippen LogP contribution is -2.23. The van der Waals surface area contributed by atoms with Crippen LogP contribution in [0, 0.1) is 0 Å². The molecule has 6 nitrogen and oxygen atoms in total. The quantitative estimate of drug-likeness (QED) is 0.806. The minimum atomic E-state index is 0.541. The molecule has 0 spiro atoms. The highest BCUT2D eigenvalue weighted by atomic mass is 15.5. The van der Waals surface area contributed by atoms with Crippen molar-refractivity contribution in [2.45, 2.75) is 25.4 Å². The number of benzene rings is 1. The standard InChI is InChI=1S/C17H16N6/c1-2-5-14-12(4-1)10-23(21-14)16-7-3-6-15(19-16)17-20-18-11-22(17)13-8-9-13/h1-7,11,13,21H,8-10H2. The topological polar surface area (TPSA) is 58.9 Å². The third-order valence-corrected chi connectivity index (χ3v) is 4.35. The predicted molar refractivity (Wildman–Crippen MR) is 87.8 cm³/mol. The van der Waals surface area contributed by atoms with Crippen molar-refractivity contribution in [2.75, 3.05) is 10.4 Å². The van der Waals surface area contributed by atoms with E-state index in [-0.39, 0.29) is 0 Å². The number of anilines is 2. The van der Waals surface area contributed by atoms with Gasteiger partial charge in [0, 0.05) is 6.04 Å². The Kier molecular flexibility index (Phi) is 2.64. The largest absolute Gasteiger partial charge is 0.309 e. The second-order valence-corrected chi connectivity index (χ2v) is 6.03. The highest BCUT2D eigenvalue weighted by molar-refractivity contribution is 5.64. The van der Waals surface area contributed by atoms with Gasteiger partial charge in [0.1, 0.15) is 17.8 Å². The summed E-state index contributed by atoms with van der Waals surface area (Å²) in [6, 6.07) is 14.9. The monoisotopic (exact) mass is 304 g/mol. The van der Waals surface area contributed by atoms with Gasteiger partial charge in [-0.2, -0.15) is 0 Å². The summed E-state index contributed by atoms with van der Waals surface area (Å²) in [7, 11) is 0. The van der Waals surface area contributed by atoms with E-state index in [9.17, 15) is 0 Å². The smallest absolute Gasteiger partial charge is 0.182 e. The molecule has 0 amide bonds. The van der Waals surface area contributed by atoms with Crippen LogP contribution < -0.4 is 10.4 Å². The van der Waals surface area contributed by atoms with Crippen LogP contribution in [0.5, 0.6) is 0 Å². The van der Waals surface area contributed by atoms with Gasteiger partial charge in [0.2, 0.25) is 0 Å². The number of aromatic nitrogens is 4. The molecule has 0 saturated heterocycles. The number of hydrogen-bond donors (Lipinski definition) is 1. The van der Waals surface area contributed by atoms with Crippen LogP contribution in [0.2, 0.25) is 0 Å². The molecule has 1 aliphatic carbocycles. The first-order valence-electron chi connectivity index (χ1n) is 7.87. The summed E-state index contributed by atoms with van der Waals surface area (Å²) >= 11 is 0. The molecule has 3 aromatic rings. The van der Waals surface area contributed by atoms with Crippen molar-refractivity contribution in [3.8, 4) is 11.5 Å². The molecule has 1 N–H and O–H groups in total. The Balaban J connectivity index is 1.48. The van der Waals surface area contributed by atoms with E-state index in [1.54, 1.807) is 0 Å². The molecule has 2 aromatic heterocycles. The van der Waals surface area contributed by atoms with Crippen LogP contribution in [0.15, 0.2) is 48.8 Å². The molecule has 1 saturated carbocycles. The maximum atomic E-state index is 4.79. The summed E-state index contributed by atoms with van der Waals surface area (Å²) in [4.78, 5) is 4.79. The van der Waals surface area contributed by atoms with Crippen LogP contribution in [0.3, 0.4) is 0 Å². The van der Waals surface area contributed by atoms with Crippen LogP contribution in [0.25, 0.3) is 11.5 Å². The number of pyridine rings is 1. The van der Waals surface area contributed by atoms with E-state index in [1.807, 2.05) is 30.6 Å². The first-order chi connectivity index (χ1) is 11.4. The molecule has 6 heteroatoms. The fourth-order valence-electron chi connectivity index (χ4n) is 3.00. The third-order valence-electron chi connectivity index (χ3n) is 4.35. The molecular weight excluding hydrogens is 288 g/mol. The van der Waals surface area contributed by atoms with Crippen molar-refractivity contribution in [3.05, 3.63) is 54.4 Å². The second-order valence-electron chi connectivity index (χ2n) is 6.03. The Labute approximate surface area is 133 Å². The Morgan fingerprint density at radius 2 is 1.96 bits per heavy atom. The number of fused-ring (bicyclic) bond motifs is 1. The van der Waals surface area contributed by atoms with Gasteiger partial charge >= 0.3 is 0 Å². The molecule has 0 unspecified atom stereocenters. The van der Waals surface area contributed by atoms with Crippen molar-refractivity contribution in [3.63, 3.8) is 0 Å². The van der Waals surface area contributed by atoms with E-state index in [1.165, 1.54) is 18.4 Å². The fraction of sp³-hybridized carbons (Fsp3) is 0.235. The van der Waals surface area contributed by atoms with Crippen LogP contribution in [0.4, 0.5) is 11.5 Å². The molecular formula is C17H16N6. The molecule has 1 aliphatic heterocycles. The summed E-state index contributed by atoms with van der Waals surface area (Å²) in [5, 5.41) is 10.4. The summed E-state index contributed by atoms with van der Waals surface area (Å²) in [6.45, 7) is 0.807. The molecule has 5 rings (SSSR count). The fourth-order valence-corrected chi connectivity index (χ4v) is 3.00. The Bertz CT molecular complexity index is 842. The molecule has 1 aromatic carbocycles. The lowest BCUT2D eigenvalue weighted by Gasteiger charge is -2.18. The summed E-state index contributed by atoms with van der Waals surface area (Å²) in [5.74, 6) is 1.75. The van der Waals surface area contributed by atoms with Crippen molar-refractivity contribution in [1.29, 1.82) is 0 Å². The minimum Gasteiger partial charge on any atom is -0.309 e. The maximum absolute atomic E-state index is 4.79. The van der Waals surface area contributed by atoms with E-state index >= 15 is 0 Å². The average Bonchev–Trinajstić information content (AvgIpc) is 3.16. The molecule has 0 radical (unpaired) electrons. The molecule has 114 valence electrons. The molecule has 2 aliphatic rings. The van der Waals surface area contributed by atoms with Gasteiger partial charge in [-0.1, -0.05) is 24.3 Å². The van der Waals surface area contributed by atoms with E-state index < -0.39 is 0 Å². The molecule has 3 heterocycles. The molecule has 0 bridgehead atoms. The van der Waals surface area contributed by atoms with Crippen molar-refractivity contribution in [2.24, 2.45) is 0 Å². The van der Waals surface area contributed by atoms with E-state index in [2.05, 4.69) is 43.4 Å². The zero-order valence-corrected chi connectivity index (χ0v) is 12.6. The number of nitrogens with one attached hydrogen (secondary N) is 1. The maximum Gasteiger partial charge on any atom is 0.182 e. The first-order valence-corrected chi connectivity index (χ1v) is 7.87. The Hall–Kier alpha value is -2.89. The Morgan fingerprint density at radius 1 is 1.04 bits per heavy atom. The lowest BCUT2D eigenvalue weighted by molar-refractivity contribution is 0.743. The number of hydrazine groups is 1. The van der Waals surface area contributed by atoms with Gasteiger partial charge in [0.25, 0.3) is 0 Å². The van der Waals surface area contributed by atoms with Gasteiger partial charge in [-0.15, -0.1) is 10.2 Å². The molecule has 23 heavy (non-hydrogen) atoms.